The number of halogens is 2. The molecule has 0 unspecified atom stereocenters. The lowest BCUT2D eigenvalue weighted by molar-refractivity contribution is -0.438. The maximum Gasteiger partial charge on any atom is 0.414 e. The highest BCUT2D eigenvalue weighted by Gasteiger charge is 2.44. The molecule has 2 aromatic rings. The Hall–Kier alpha value is -2.99. The second-order valence-electron chi connectivity index (χ2n) is 17.0. The third kappa shape index (κ3) is 9.77. The van der Waals surface area contributed by atoms with Crippen molar-refractivity contribution in [1.82, 2.24) is 4.90 Å². The number of allylic oxidation sites excluding steroid dienone is 7. The van der Waals surface area contributed by atoms with Crippen molar-refractivity contribution in [2.75, 3.05) is 30.8 Å². The van der Waals surface area contributed by atoms with Gasteiger partial charge in [0.2, 0.25) is 5.69 Å². The molecule has 8 nitrogen and oxygen atoms in total. The van der Waals surface area contributed by atoms with Crippen molar-refractivity contribution in [2.45, 2.75) is 117 Å². The van der Waals surface area contributed by atoms with E-state index in [1.165, 1.54) is 28.9 Å². The van der Waals surface area contributed by atoms with Crippen molar-refractivity contribution < 1.29 is 27.1 Å². The van der Waals surface area contributed by atoms with Crippen LogP contribution in [-0.2, 0) is 25.7 Å². The van der Waals surface area contributed by atoms with Gasteiger partial charge in [0.15, 0.2) is 5.71 Å². The maximum atomic E-state index is 13.7. The molecular formula is C44H58Br2N3O5S+. The third-order valence-electron chi connectivity index (χ3n) is 10.9. The summed E-state index contributed by atoms with van der Waals surface area (Å²) in [7, 11) is -2.23. The molecule has 0 saturated carbocycles. The second-order valence-corrected chi connectivity index (χ2v) is 20.4. The first kappa shape index (κ1) is 43.1. The first-order valence-corrected chi connectivity index (χ1v) is 22.6. The van der Waals surface area contributed by atoms with Gasteiger partial charge in [0.25, 0.3) is 10.1 Å². The van der Waals surface area contributed by atoms with Crippen molar-refractivity contribution in [3.63, 3.8) is 0 Å². The summed E-state index contributed by atoms with van der Waals surface area (Å²) in [6.07, 6.45) is 14.3. The Bertz CT molecular complexity index is 2090. The van der Waals surface area contributed by atoms with Gasteiger partial charge in [-0.15, -0.1) is 0 Å². The lowest BCUT2D eigenvalue weighted by Gasteiger charge is -2.28. The van der Waals surface area contributed by atoms with E-state index in [-0.39, 0.29) is 16.6 Å². The number of anilines is 1. The standard InChI is InChI=1S/C44H57Br2N3O5S/c1-10-11-12-25-48-36-21-19-32(45)28-34(36)43(5,6)38(48)23-17-30-15-16-31(40(30)47(9)41(50)54-42(2,3)4)18-24-39-44(7,8)35-29-33(46)20-22-37(35)49(39)26-13-14-27-55(51,52)53/h17-24,28-29H,10-16,25-27H2,1-9H3/p+1. The number of rotatable bonds is 13. The predicted molar refractivity (Wildman–Crippen MR) is 232 cm³/mol. The Morgan fingerprint density at radius 2 is 1.62 bits per heavy atom. The van der Waals surface area contributed by atoms with Crippen molar-refractivity contribution in [2.24, 2.45) is 0 Å². The van der Waals surface area contributed by atoms with E-state index in [4.69, 9.17) is 4.74 Å². The highest BCUT2D eigenvalue weighted by molar-refractivity contribution is 9.10. The molecule has 298 valence electrons. The number of fused-ring (bicyclic) bond motifs is 2. The van der Waals surface area contributed by atoms with Crippen LogP contribution in [0.1, 0.15) is 111 Å². The van der Waals surface area contributed by atoms with E-state index < -0.39 is 21.8 Å². The van der Waals surface area contributed by atoms with Crippen LogP contribution in [0, 0.1) is 0 Å². The van der Waals surface area contributed by atoms with Gasteiger partial charge < -0.3 is 9.64 Å². The van der Waals surface area contributed by atoms with E-state index in [1.54, 1.807) is 11.9 Å². The first-order chi connectivity index (χ1) is 25.7. The molecule has 2 aromatic carbocycles. The van der Waals surface area contributed by atoms with Crippen LogP contribution in [0.2, 0.25) is 0 Å². The molecule has 0 radical (unpaired) electrons. The van der Waals surface area contributed by atoms with Gasteiger partial charge in [-0.1, -0.05) is 71.2 Å². The fourth-order valence-corrected chi connectivity index (χ4v) is 9.39. The SMILES string of the molecule is CCCCC[N+]1=C(/C=C/C2=C(N(C)C(=O)OC(C)(C)C)C(=C/C=C3/N(CCCCS(=O)(=O)O)c4ccc(Br)cc4C3(C)C)/CC2)C(C)(C)c2cc(Br)ccc21. The first-order valence-electron chi connectivity index (χ1n) is 19.4. The Kier molecular flexibility index (Phi) is 13.2. The number of unbranched alkanes of at least 4 members (excludes halogenated alkanes) is 3. The predicted octanol–water partition coefficient (Wildman–Crippen LogP) is 11.5. The minimum Gasteiger partial charge on any atom is -0.443 e. The molecule has 2 aliphatic heterocycles. The van der Waals surface area contributed by atoms with Crippen molar-refractivity contribution in [3.8, 4) is 0 Å². The van der Waals surface area contributed by atoms with Gasteiger partial charge in [-0.25, -0.2) is 4.79 Å². The lowest BCUT2D eigenvalue weighted by atomic mass is 9.81. The molecule has 11 heteroatoms. The summed E-state index contributed by atoms with van der Waals surface area (Å²) < 4.78 is 42.7. The minimum absolute atomic E-state index is 0.218. The quantitative estimate of drug-likeness (QED) is 0.122. The molecule has 55 heavy (non-hydrogen) atoms. The molecule has 0 spiro atoms. The lowest BCUT2D eigenvalue weighted by Crippen LogP contribution is -2.34. The number of amides is 1. The van der Waals surface area contributed by atoms with Gasteiger partial charge in [-0.2, -0.15) is 13.0 Å². The second kappa shape index (κ2) is 16.9. The fraction of sp³-hybridized carbons (Fsp3) is 0.500. The van der Waals surface area contributed by atoms with Crippen molar-refractivity contribution in [1.29, 1.82) is 0 Å². The number of hydrogen-bond acceptors (Lipinski definition) is 5. The largest absolute Gasteiger partial charge is 0.443 e. The molecule has 1 amide bonds. The van der Waals surface area contributed by atoms with Crippen molar-refractivity contribution in [3.05, 3.63) is 103 Å². The van der Waals surface area contributed by atoms with Crippen LogP contribution < -0.4 is 4.90 Å². The van der Waals surface area contributed by atoms with Gasteiger partial charge in [0.1, 0.15) is 12.1 Å². The highest BCUT2D eigenvalue weighted by atomic mass is 79.9. The van der Waals surface area contributed by atoms with E-state index in [9.17, 15) is 17.8 Å². The number of benzene rings is 2. The topological polar surface area (TPSA) is 90.2 Å². The van der Waals surface area contributed by atoms with E-state index in [0.29, 0.717) is 19.4 Å². The van der Waals surface area contributed by atoms with Gasteiger partial charge in [-0.05, 0) is 120 Å². The van der Waals surface area contributed by atoms with Crippen LogP contribution in [0.4, 0.5) is 16.2 Å². The zero-order chi connectivity index (χ0) is 40.5. The van der Waals surface area contributed by atoms with Gasteiger partial charge in [-0.3, -0.25) is 9.45 Å². The molecule has 1 aliphatic carbocycles. The monoisotopic (exact) mass is 898 g/mol. The zero-order valence-corrected chi connectivity index (χ0v) is 37.9. The normalized spacial score (nSPS) is 19.3. The Balaban J connectivity index is 1.59. The summed E-state index contributed by atoms with van der Waals surface area (Å²) in [6, 6.07) is 12.9. The molecule has 0 saturated heterocycles. The van der Waals surface area contributed by atoms with Gasteiger partial charge >= 0.3 is 6.09 Å². The average Bonchev–Trinajstić information content (AvgIpc) is 3.64. The number of hydrogen-bond donors (Lipinski definition) is 1. The molecule has 5 rings (SSSR count). The Morgan fingerprint density at radius 1 is 0.945 bits per heavy atom. The molecule has 3 aliphatic rings. The summed E-state index contributed by atoms with van der Waals surface area (Å²) in [4.78, 5) is 17.6. The molecular weight excluding hydrogens is 842 g/mol. The van der Waals surface area contributed by atoms with Crippen LogP contribution in [0.5, 0.6) is 0 Å². The summed E-state index contributed by atoms with van der Waals surface area (Å²) in [5.74, 6) is -0.265. The molecule has 0 fully saturated rings. The van der Waals surface area contributed by atoms with E-state index in [1.807, 2.05) is 26.8 Å². The number of carbonyl (C=O) groups excluding carboxylic acids is 1. The molecule has 1 N–H and O–H groups in total. The zero-order valence-electron chi connectivity index (χ0n) is 33.9. The highest BCUT2D eigenvalue weighted by Crippen LogP contribution is 2.49. The Morgan fingerprint density at radius 3 is 2.27 bits per heavy atom. The summed E-state index contributed by atoms with van der Waals surface area (Å²) >= 11 is 7.38. The van der Waals surface area contributed by atoms with E-state index >= 15 is 0 Å². The van der Waals surface area contributed by atoms with Crippen LogP contribution >= 0.6 is 31.9 Å². The maximum absolute atomic E-state index is 13.7. The number of carbonyl (C=O) groups is 1. The average molecular weight is 901 g/mol. The van der Waals surface area contributed by atoms with Gasteiger partial charge in [0, 0.05) is 63.5 Å². The molecule has 2 heterocycles. The smallest absolute Gasteiger partial charge is 0.414 e. The third-order valence-corrected chi connectivity index (χ3v) is 12.7. The van der Waals surface area contributed by atoms with E-state index in [0.717, 1.165) is 69.4 Å². The van der Waals surface area contributed by atoms with Gasteiger partial charge in [0.05, 0.1) is 16.9 Å². The van der Waals surface area contributed by atoms with E-state index in [2.05, 4.69) is 131 Å². The fourth-order valence-electron chi connectivity index (χ4n) is 8.10. The summed E-state index contributed by atoms with van der Waals surface area (Å²) in [5, 5.41) is 0. The summed E-state index contributed by atoms with van der Waals surface area (Å²) in [6.45, 7) is 18.4. The molecule has 0 aromatic heterocycles. The van der Waals surface area contributed by atoms with Crippen molar-refractivity contribution >= 4 is 65.2 Å². The number of likely N-dealkylation sites (N-methyl/N-ethyl adjacent to an activating group) is 1. The van der Waals surface area contributed by atoms with Crippen LogP contribution in [0.15, 0.2) is 92.2 Å². The van der Waals surface area contributed by atoms with Crippen LogP contribution in [-0.4, -0.2) is 65.7 Å². The van der Waals surface area contributed by atoms with Crippen LogP contribution in [0.25, 0.3) is 0 Å². The molecule has 0 bridgehead atoms. The molecule has 0 atom stereocenters. The number of nitrogens with zero attached hydrogens (tertiary/aromatic N) is 3. The Labute approximate surface area is 346 Å². The minimum atomic E-state index is -4.03. The number of ether oxygens (including phenoxy) is 1. The van der Waals surface area contributed by atoms with Crippen LogP contribution in [0.3, 0.4) is 0 Å². The summed E-state index contributed by atoms with van der Waals surface area (Å²) in [5.41, 5.74) is 8.87.